The first-order valence-electron chi connectivity index (χ1n) is 0. The third-order valence-corrected chi connectivity index (χ3v) is 0. The smallest absolute Gasteiger partial charge is 2.00 e. The van der Waals surface area contributed by atoms with Crippen molar-refractivity contribution < 1.29 is 87.9 Å². The Morgan fingerprint density at radius 2 is 0.833 bits per heavy atom. The molecule has 0 atom stereocenters. The van der Waals surface area contributed by atoms with E-state index in [2.05, 4.69) is 0 Å². The molecule has 0 aromatic rings. The van der Waals surface area contributed by atoms with Crippen molar-refractivity contribution in [3.8, 4) is 0 Å². The van der Waals surface area contributed by atoms with Gasteiger partial charge < -0.3 is 11.0 Å². The third-order valence-electron chi connectivity index (χ3n) is 0. The Bertz CT molecular complexity index is 13.5. The minimum atomic E-state index is 0. The van der Waals surface area contributed by atoms with Crippen molar-refractivity contribution in [1.29, 1.82) is 0 Å². The molecule has 0 N–H and O–H groups in total. The summed E-state index contributed by atoms with van der Waals surface area (Å²) in [5.74, 6) is 0. The molecule has 0 unspecified atom stereocenters. The zero-order valence-electron chi connectivity index (χ0n) is 2.37. The second kappa shape index (κ2) is 53.4. The van der Waals surface area contributed by atoms with Crippen LogP contribution < -0.4 is 0 Å². The molecule has 0 aromatic heterocycles. The molecule has 0 fully saturated rings. The van der Waals surface area contributed by atoms with Gasteiger partial charge in [-0.2, -0.15) is 0 Å². The van der Waals surface area contributed by atoms with Crippen molar-refractivity contribution in [1.82, 2.24) is 0 Å². The Morgan fingerprint density at radius 3 is 0.833 bits per heavy atom. The summed E-state index contributed by atoms with van der Waals surface area (Å²) in [6.07, 6.45) is 0. The second-order valence-electron chi connectivity index (χ2n) is 0. The standard InChI is InChI=1S/Co.Cr.2O.Pt.Ti/q+2;+3;2*-2;+2;+4. The van der Waals surface area contributed by atoms with E-state index in [-0.39, 0.29) is 87.9 Å². The Hall–Kier alpha value is 2.36. The van der Waals surface area contributed by atoms with Crippen LogP contribution >= 0.6 is 0 Å². The minimum absolute atomic E-state index is 0. The molecular formula is CoCrO2PtTi+7. The maximum atomic E-state index is 0. The Labute approximate surface area is 86.9 Å². The molecule has 0 spiro atoms. The van der Waals surface area contributed by atoms with Gasteiger partial charge in [0.1, 0.15) is 0 Å². The largest absolute Gasteiger partial charge is 4.00 e. The summed E-state index contributed by atoms with van der Waals surface area (Å²) in [6.45, 7) is 0. The van der Waals surface area contributed by atoms with Crippen LogP contribution in [0, 0.1) is 0 Å². The molecule has 0 bridgehead atoms. The van der Waals surface area contributed by atoms with Crippen LogP contribution in [0.5, 0.6) is 0 Å². The average Bonchev–Trinajstić information content (AvgIpc) is 0. The van der Waals surface area contributed by atoms with E-state index in [1.807, 2.05) is 0 Å². The molecule has 0 aliphatic carbocycles. The van der Waals surface area contributed by atoms with Crippen molar-refractivity contribution >= 4 is 0 Å². The molecule has 34 valence electrons. The molecule has 0 rings (SSSR count). The maximum absolute atomic E-state index is 0. The van der Waals surface area contributed by atoms with E-state index in [4.69, 9.17) is 0 Å². The van der Waals surface area contributed by atoms with Crippen LogP contribution in [0.25, 0.3) is 0 Å². The zero-order valence-corrected chi connectivity index (χ0v) is 8.52. The van der Waals surface area contributed by atoms with Gasteiger partial charge in [-0.3, -0.25) is 0 Å². The fourth-order valence-electron chi connectivity index (χ4n) is 0. The SMILES string of the molecule is [Co+2].[Cr+3].[O-2].[O-2].[Pt+2].[Ti+4]. The van der Waals surface area contributed by atoms with Crippen molar-refractivity contribution in [3.05, 3.63) is 0 Å². The average molecular weight is 386 g/mol. The van der Waals surface area contributed by atoms with E-state index < -0.39 is 0 Å². The van der Waals surface area contributed by atoms with Gasteiger partial charge >= 0.3 is 76.9 Å². The normalized spacial score (nSPS) is 0. The van der Waals surface area contributed by atoms with E-state index in [0.29, 0.717) is 0 Å². The second-order valence-corrected chi connectivity index (χ2v) is 0. The van der Waals surface area contributed by atoms with Crippen molar-refractivity contribution in [2.24, 2.45) is 0 Å². The fraction of sp³-hybridized carbons (Fsp3) is 0. The molecule has 0 heterocycles. The summed E-state index contributed by atoms with van der Waals surface area (Å²) in [6, 6.07) is 0. The quantitative estimate of drug-likeness (QED) is 0.517. The summed E-state index contributed by atoms with van der Waals surface area (Å²) in [7, 11) is 0. The minimum Gasteiger partial charge on any atom is -2.00 e. The fourth-order valence-corrected chi connectivity index (χ4v) is 0. The van der Waals surface area contributed by atoms with Crippen LogP contribution in [0.1, 0.15) is 0 Å². The first kappa shape index (κ1) is 81.3. The molecule has 0 aliphatic rings. The monoisotopic (exact) mass is 386 g/mol. The summed E-state index contributed by atoms with van der Waals surface area (Å²) in [5, 5.41) is 0. The summed E-state index contributed by atoms with van der Waals surface area (Å²) >= 11 is 0. The summed E-state index contributed by atoms with van der Waals surface area (Å²) < 4.78 is 0. The number of hydrogen-bond acceptors (Lipinski definition) is 0. The molecule has 0 amide bonds. The van der Waals surface area contributed by atoms with Gasteiger partial charge in [0, 0.05) is 0 Å². The van der Waals surface area contributed by atoms with Crippen molar-refractivity contribution in [2.45, 2.75) is 0 Å². The zero-order chi connectivity index (χ0) is 0. The van der Waals surface area contributed by atoms with E-state index in [1.165, 1.54) is 0 Å². The Morgan fingerprint density at radius 1 is 0.833 bits per heavy atom. The molecule has 0 saturated heterocycles. The predicted molar refractivity (Wildman–Crippen MR) is 1.37 cm³/mol. The molecule has 2 radical (unpaired) electrons. The topological polar surface area (TPSA) is 57.0 Å². The van der Waals surface area contributed by atoms with Gasteiger partial charge in [-0.1, -0.05) is 0 Å². The van der Waals surface area contributed by atoms with Gasteiger partial charge in [0.05, 0.1) is 0 Å². The predicted octanol–water partition coefficient (Wildman–Crippen LogP) is -0.248. The van der Waals surface area contributed by atoms with Crippen molar-refractivity contribution in [3.63, 3.8) is 0 Å². The van der Waals surface area contributed by atoms with Crippen LogP contribution in [-0.4, -0.2) is 0 Å². The molecule has 0 aliphatic heterocycles. The molecule has 6 heteroatoms. The van der Waals surface area contributed by atoms with Gasteiger partial charge in [0.2, 0.25) is 0 Å². The molecular weight excluding hydrogens is 386 g/mol. The van der Waals surface area contributed by atoms with E-state index in [9.17, 15) is 0 Å². The number of hydrogen-bond donors (Lipinski definition) is 0. The summed E-state index contributed by atoms with van der Waals surface area (Å²) in [5.41, 5.74) is 0. The van der Waals surface area contributed by atoms with Crippen molar-refractivity contribution in [2.75, 3.05) is 0 Å². The third kappa shape index (κ3) is 32.8. The Balaban J connectivity index is 0. The van der Waals surface area contributed by atoms with Gasteiger partial charge in [0.15, 0.2) is 0 Å². The van der Waals surface area contributed by atoms with E-state index in [1.54, 1.807) is 0 Å². The maximum Gasteiger partial charge on any atom is 4.00 e. The van der Waals surface area contributed by atoms with Crippen LogP contribution in [0.15, 0.2) is 0 Å². The molecule has 6 heavy (non-hydrogen) atoms. The number of rotatable bonds is 0. The molecule has 0 saturated carbocycles. The van der Waals surface area contributed by atoms with Gasteiger partial charge in [-0.05, 0) is 0 Å². The van der Waals surface area contributed by atoms with Crippen LogP contribution in [0.2, 0.25) is 0 Å². The van der Waals surface area contributed by atoms with Crippen LogP contribution in [0.4, 0.5) is 0 Å². The van der Waals surface area contributed by atoms with E-state index in [0.717, 1.165) is 0 Å². The van der Waals surface area contributed by atoms with Crippen LogP contribution in [-0.2, 0) is 87.9 Å². The summed E-state index contributed by atoms with van der Waals surface area (Å²) in [4.78, 5) is 0. The van der Waals surface area contributed by atoms with Gasteiger partial charge in [-0.15, -0.1) is 0 Å². The van der Waals surface area contributed by atoms with E-state index >= 15 is 0 Å². The van der Waals surface area contributed by atoms with Gasteiger partial charge in [-0.25, -0.2) is 0 Å². The Kier molecular flexibility index (Phi) is 723. The van der Waals surface area contributed by atoms with Gasteiger partial charge in [0.25, 0.3) is 0 Å². The molecule has 2 nitrogen and oxygen atoms in total. The first-order valence-corrected chi connectivity index (χ1v) is 0. The molecule has 0 aromatic carbocycles. The van der Waals surface area contributed by atoms with Crippen LogP contribution in [0.3, 0.4) is 0 Å². The first-order chi connectivity index (χ1) is 0.